The highest BCUT2D eigenvalue weighted by Crippen LogP contribution is 2.13. The van der Waals surface area contributed by atoms with Gasteiger partial charge in [-0.25, -0.2) is 0 Å². The maximum atomic E-state index is 4.20. The van der Waals surface area contributed by atoms with Crippen LogP contribution in [0.5, 0.6) is 0 Å². The van der Waals surface area contributed by atoms with Gasteiger partial charge in [-0.3, -0.25) is 9.97 Å². The van der Waals surface area contributed by atoms with Crippen LogP contribution in [0.1, 0.15) is 12.6 Å². The van der Waals surface area contributed by atoms with E-state index in [1.165, 1.54) is 0 Å². The molecule has 2 N–H and O–H groups in total. The first-order chi connectivity index (χ1) is 8.38. The predicted molar refractivity (Wildman–Crippen MR) is 70.0 cm³/mol. The topological polar surface area (TPSA) is 49.8 Å². The van der Waals surface area contributed by atoms with E-state index in [-0.39, 0.29) is 0 Å². The molecule has 0 fully saturated rings. The molecular weight excluding hydrogens is 212 g/mol. The van der Waals surface area contributed by atoms with Crippen LogP contribution in [0.15, 0.2) is 42.9 Å². The Morgan fingerprint density at radius 2 is 1.71 bits per heavy atom. The summed E-state index contributed by atoms with van der Waals surface area (Å²) in [7, 11) is 0. The number of hydrogen-bond donors (Lipinski definition) is 2. The summed E-state index contributed by atoms with van der Waals surface area (Å²) in [4.78, 5) is 8.23. The van der Waals surface area contributed by atoms with E-state index in [0.717, 1.165) is 23.6 Å². The Labute approximate surface area is 101 Å². The van der Waals surface area contributed by atoms with E-state index in [9.17, 15) is 0 Å². The van der Waals surface area contributed by atoms with E-state index in [0.29, 0.717) is 6.54 Å². The van der Waals surface area contributed by atoms with Crippen LogP contribution in [0.3, 0.4) is 0 Å². The summed E-state index contributed by atoms with van der Waals surface area (Å²) in [5.74, 6) is 0. The van der Waals surface area contributed by atoms with Gasteiger partial charge in [0.25, 0.3) is 0 Å². The molecule has 0 amide bonds. The molecular formula is C13H16N4. The van der Waals surface area contributed by atoms with E-state index in [1.807, 2.05) is 12.1 Å². The molecule has 0 saturated carbocycles. The van der Waals surface area contributed by atoms with E-state index in [4.69, 9.17) is 0 Å². The quantitative estimate of drug-likeness (QED) is 0.825. The van der Waals surface area contributed by atoms with Crippen LogP contribution >= 0.6 is 0 Å². The van der Waals surface area contributed by atoms with Crippen LogP contribution in [0.2, 0.25) is 0 Å². The van der Waals surface area contributed by atoms with Crippen molar-refractivity contribution in [3.63, 3.8) is 0 Å². The van der Waals surface area contributed by atoms with Crippen molar-refractivity contribution in [2.45, 2.75) is 13.5 Å². The third-order valence-corrected chi connectivity index (χ3v) is 2.36. The first-order valence-electron chi connectivity index (χ1n) is 5.71. The van der Waals surface area contributed by atoms with Gasteiger partial charge in [0.15, 0.2) is 0 Å². The van der Waals surface area contributed by atoms with Crippen molar-refractivity contribution >= 4 is 11.4 Å². The van der Waals surface area contributed by atoms with Crippen molar-refractivity contribution < 1.29 is 0 Å². The number of aromatic nitrogens is 2. The average Bonchev–Trinajstić information content (AvgIpc) is 2.40. The molecule has 2 aromatic rings. The second-order valence-corrected chi connectivity index (χ2v) is 3.66. The lowest BCUT2D eigenvalue weighted by Gasteiger charge is -2.07. The number of nitrogens with zero attached hydrogens (tertiary/aromatic N) is 2. The maximum absolute atomic E-state index is 4.20. The van der Waals surface area contributed by atoms with E-state index < -0.39 is 0 Å². The zero-order valence-corrected chi connectivity index (χ0v) is 9.85. The van der Waals surface area contributed by atoms with Crippen LogP contribution in [0.4, 0.5) is 11.4 Å². The maximum Gasteiger partial charge on any atom is 0.0777 e. The normalized spacial score (nSPS) is 9.94. The molecule has 1 heterocycles. The molecule has 2 rings (SSSR count). The minimum atomic E-state index is 0.689. The van der Waals surface area contributed by atoms with Crippen molar-refractivity contribution in [1.82, 2.24) is 9.97 Å². The fourth-order valence-electron chi connectivity index (χ4n) is 1.52. The van der Waals surface area contributed by atoms with Crippen LogP contribution in [0, 0.1) is 0 Å². The zero-order valence-electron chi connectivity index (χ0n) is 9.85. The average molecular weight is 228 g/mol. The van der Waals surface area contributed by atoms with Crippen LogP contribution in [-0.2, 0) is 6.54 Å². The summed E-state index contributed by atoms with van der Waals surface area (Å²) < 4.78 is 0. The Hall–Kier alpha value is -2.10. The monoisotopic (exact) mass is 228 g/mol. The first-order valence-corrected chi connectivity index (χ1v) is 5.71. The summed E-state index contributed by atoms with van der Waals surface area (Å²) in [6.07, 6.45) is 5.14. The van der Waals surface area contributed by atoms with Gasteiger partial charge in [0.05, 0.1) is 18.4 Å². The highest BCUT2D eigenvalue weighted by molar-refractivity contribution is 5.53. The van der Waals surface area contributed by atoms with Gasteiger partial charge in [-0.05, 0) is 31.2 Å². The van der Waals surface area contributed by atoms with Gasteiger partial charge in [-0.1, -0.05) is 0 Å². The molecule has 0 atom stereocenters. The number of nitrogens with one attached hydrogen (secondary N) is 2. The van der Waals surface area contributed by atoms with Crippen molar-refractivity contribution in [2.24, 2.45) is 0 Å². The van der Waals surface area contributed by atoms with Crippen molar-refractivity contribution in [2.75, 3.05) is 17.2 Å². The molecule has 0 aliphatic rings. The minimum Gasteiger partial charge on any atom is -0.385 e. The SMILES string of the molecule is CCNc1ccc(NCc2cnccn2)cc1. The molecule has 1 aromatic carbocycles. The van der Waals surface area contributed by atoms with Gasteiger partial charge in [0.1, 0.15) is 0 Å². The molecule has 0 radical (unpaired) electrons. The fourth-order valence-corrected chi connectivity index (χ4v) is 1.52. The van der Waals surface area contributed by atoms with Crippen molar-refractivity contribution in [3.8, 4) is 0 Å². The van der Waals surface area contributed by atoms with E-state index in [2.05, 4.69) is 39.7 Å². The Morgan fingerprint density at radius 3 is 2.29 bits per heavy atom. The Kier molecular flexibility index (Phi) is 3.91. The smallest absolute Gasteiger partial charge is 0.0777 e. The molecule has 0 aliphatic carbocycles. The number of hydrogen-bond acceptors (Lipinski definition) is 4. The lowest BCUT2D eigenvalue weighted by atomic mass is 10.2. The first kappa shape index (κ1) is 11.4. The van der Waals surface area contributed by atoms with E-state index in [1.54, 1.807) is 18.6 Å². The fraction of sp³-hybridized carbons (Fsp3) is 0.231. The molecule has 17 heavy (non-hydrogen) atoms. The third-order valence-electron chi connectivity index (χ3n) is 2.36. The summed E-state index contributed by atoms with van der Waals surface area (Å²) in [6, 6.07) is 8.22. The molecule has 4 nitrogen and oxygen atoms in total. The molecule has 0 bridgehead atoms. The zero-order chi connectivity index (χ0) is 11.9. The second-order valence-electron chi connectivity index (χ2n) is 3.66. The molecule has 0 unspecified atom stereocenters. The molecule has 1 aromatic heterocycles. The number of anilines is 2. The molecule has 0 saturated heterocycles. The van der Waals surface area contributed by atoms with E-state index >= 15 is 0 Å². The van der Waals surface area contributed by atoms with Crippen LogP contribution in [0.25, 0.3) is 0 Å². The Bertz CT molecular complexity index is 439. The lowest BCUT2D eigenvalue weighted by Crippen LogP contribution is -2.02. The summed E-state index contributed by atoms with van der Waals surface area (Å²) in [6.45, 7) is 3.71. The third kappa shape index (κ3) is 3.45. The van der Waals surface area contributed by atoms with Gasteiger partial charge >= 0.3 is 0 Å². The van der Waals surface area contributed by atoms with Crippen molar-refractivity contribution in [3.05, 3.63) is 48.5 Å². The summed E-state index contributed by atoms with van der Waals surface area (Å²) in [5, 5.41) is 6.56. The largest absolute Gasteiger partial charge is 0.385 e. The predicted octanol–water partition coefficient (Wildman–Crippen LogP) is 2.52. The van der Waals surface area contributed by atoms with Crippen LogP contribution in [-0.4, -0.2) is 16.5 Å². The Morgan fingerprint density at radius 1 is 1.00 bits per heavy atom. The molecule has 0 aliphatic heterocycles. The lowest BCUT2D eigenvalue weighted by molar-refractivity contribution is 1.01. The molecule has 0 spiro atoms. The van der Waals surface area contributed by atoms with Gasteiger partial charge in [0.2, 0.25) is 0 Å². The second kappa shape index (κ2) is 5.84. The Balaban J connectivity index is 1.91. The number of rotatable bonds is 5. The molecule has 88 valence electrons. The van der Waals surface area contributed by atoms with Gasteiger partial charge in [-0.15, -0.1) is 0 Å². The molecule has 4 heteroatoms. The summed E-state index contributed by atoms with van der Waals surface area (Å²) in [5.41, 5.74) is 3.15. The highest BCUT2D eigenvalue weighted by Gasteiger charge is 1.95. The van der Waals surface area contributed by atoms with Gasteiger partial charge < -0.3 is 10.6 Å². The van der Waals surface area contributed by atoms with Crippen LogP contribution < -0.4 is 10.6 Å². The highest BCUT2D eigenvalue weighted by atomic mass is 14.9. The van der Waals surface area contributed by atoms with Crippen molar-refractivity contribution in [1.29, 1.82) is 0 Å². The standard InChI is InChI=1S/C13H16N4/c1-2-15-11-3-5-12(6-4-11)17-10-13-9-14-7-8-16-13/h3-9,15,17H,2,10H2,1H3. The van der Waals surface area contributed by atoms with Gasteiger partial charge in [0, 0.05) is 30.3 Å². The number of benzene rings is 1. The summed E-state index contributed by atoms with van der Waals surface area (Å²) >= 11 is 0. The van der Waals surface area contributed by atoms with Gasteiger partial charge in [-0.2, -0.15) is 0 Å². The minimum absolute atomic E-state index is 0.689.